The quantitative estimate of drug-likeness (QED) is 0.0745. The molecule has 0 aromatic heterocycles. The van der Waals surface area contributed by atoms with Crippen molar-refractivity contribution in [2.75, 3.05) is 70.2 Å². The molecule has 4 saturated heterocycles. The molecule has 5 fully saturated rings. The van der Waals surface area contributed by atoms with Crippen LogP contribution in [0.15, 0.2) is 42.5 Å². The SMILES string of the molecule is CN(CC(=O)NCCCCCCNc1ccc2c(c1)C(=O)N(C1CCC(=O)NC1=O)C2=O)C1CC(c2cccc(C3CSC(NC(=O)CNC(=O)C4CCN(S(C)(=O)=O)C4)(C4CCCCC4)N3)c2)CCN1. The average molecular weight is 1020 g/mol. The van der Waals surface area contributed by atoms with Crippen LogP contribution in [-0.2, 0) is 34.0 Å². The van der Waals surface area contributed by atoms with Crippen LogP contribution < -0.4 is 37.2 Å². The van der Waals surface area contributed by atoms with Crippen LogP contribution in [0.3, 0.4) is 0 Å². The van der Waals surface area contributed by atoms with Gasteiger partial charge in [0.25, 0.3) is 11.8 Å². The lowest BCUT2D eigenvalue weighted by molar-refractivity contribution is -0.136. The molecule has 7 N–H and O–H groups in total. The van der Waals surface area contributed by atoms with Crippen molar-refractivity contribution in [3.8, 4) is 0 Å². The normalized spacial score (nSPS) is 26.4. The largest absolute Gasteiger partial charge is 0.385 e. The molecule has 1 saturated carbocycles. The van der Waals surface area contributed by atoms with Crippen molar-refractivity contribution in [1.29, 1.82) is 0 Å². The number of thioether (sulfide) groups is 1. The Morgan fingerprint density at radius 2 is 1.62 bits per heavy atom. The van der Waals surface area contributed by atoms with E-state index in [1.165, 1.54) is 21.9 Å². The Balaban J connectivity index is 0.743. The van der Waals surface area contributed by atoms with Crippen molar-refractivity contribution >= 4 is 68.8 Å². The maximum atomic E-state index is 13.5. The maximum absolute atomic E-state index is 13.5. The summed E-state index contributed by atoms with van der Waals surface area (Å²) in [5.74, 6) is -1.86. The molecule has 2 aromatic rings. The Morgan fingerprint density at radius 3 is 2.38 bits per heavy atom. The molecule has 2 aromatic carbocycles. The fourth-order valence-electron chi connectivity index (χ4n) is 11.1. The number of benzene rings is 2. The number of amides is 7. The predicted molar refractivity (Wildman–Crippen MR) is 269 cm³/mol. The molecule has 8 rings (SSSR count). The first-order valence-electron chi connectivity index (χ1n) is 25.4. The van der Waals surface area contributed by atoms with Crippen molar-refractivity contribution in [3.63, 3.8) is 0 Å². The molecule has 5 aliphatic heterocycles. The molecule has 0 spiro atoms. The van der Waals surface area contributed by atoms with Crippen molar-refractivity contribution in [1.82, 2.24) is 46.0 Å². The van der Waals surface area contributed by atoms with Gasteiger partial charge in [-0.25, -0.2) is 12.7 Å². The molecule has 19 nitrogen and oxygen atoms in total. The van der Waals surface area contributed by atoms with Crippen LogP contribution in [0, 0.1) is 11.8 Å². The number of anilines is 1. The van der Waals surface area contributed by atoms with Gasteiger partial charge in [0.1, 0.15) is 11.0 Å². The number of nitrogens with zero attached hydrogens (tertiary/aromatic N) is 3. The summed E-state index contributed by atoms with van der Waals surface area (Å²) in [5, 5.41) is 22.2. The summed E-state index contributed by atoms with van der Waals surface area (Å²) < 4.78 is 25.2. The number of unbranched alkanes of at least 4 members (excludes halogenated alkanes) is 3. The zero-order valence-corrected chi connectivity index (χ0v) is 42.5. The van der Waals surface area contributed by atoms with Gasteiger partial charge in [-0.05, 0) is 100 Å². The Labute approximate surface area is 420 Å². The van der Waals surface area contributed by atoms with Gasteiger partial charge in [0.2, 0.25) is 39.6 Å². The van der Waals surface area contributed by atoms with Crippen LogP contribution in [0.2, 0.25) is 0 Å². The van der Waals surface area contributed by atoms with Crippen molar-refractivity contribution < 1.29 is 42.0 Å². The summed E-state index contributed by atoms with van der Waals surface area (Å²) in [6.07, 6.45) is 12.6. The highest BCUT2D eigenvalue weighted by molar-refractivity contribution is 8.00. The van der Waals surface area contributed by atoms with E-state index in [1.807, 2.05) is 7.05 Å². The highest BCUT2D eigenvalue weighted by Crippen LogP contribution is 2.46. The number of rotatable bonds is 20. The first-order chi connectivity index (χ1) is 34.1. The molecule has 0 bridgehead atoms. The van der Waals surface area contributed by atoms with Crippen LogP contribution in [0.4, 0.5) is 5.69 Å². The average Bonchev–Trinajstić information content (AvgIpc) is 4.10. The molecule has 1 aliphatic carbocycles. The molecule has 6 atom stereocenters. The molecule has 0 radical (unpaired) electrons. The molecule has 386 valence electrons. The van der Waals surface area contributed by atoms with Gasteiger partial charge in [-0.2, -0.15) is 0 Å². The van der Waals surface area contributed by atoms with Crippen LogP contribution in [0.5, 0.6) is 0 Å². The summed E-state index contributed by atoms with van der Waals surface area (Å²) in [4.78, 5) is 92.0. The minimum absolute atomic E-state index is 0.0123. The number of imide groups is 2. The predicted octanol–water partition coefficient (Wildman–Crippen LogP) is 2.73. The number of hydrogen-bond donors (Lipinski definition) is 7. The first kappa shape index (κ1) is 52.4. The van der Waals surface area contributed by atoms with E-state index < -0.39 is 50.6 Å². The molecule has 5 heterocycles. The number of nitrogens with one attached hydrogen (secondary N) is 7. The Morgan fingerprint density at radius 1 is 0.859 bits per heavy atom. The maximum Gasteiger partial charge on any atom is 0.262 e. The van der Waals surface area contributed by atoms with Gasteiger partial charge in [0.05, 0.1) is 42.6 Å². The molecular weight excluding hydrogens is 949 g/mol. The van der Waals surface area contributed by atoms with Crippen LogP contribution in [0.1, 0.15) is 134 Å². The molecule has 7 amide bonds. The molecule has 71 heavy (non-hydrogen) atoms. The van der Waals surface area contributed by atoms with Crippen molar-refractivity contribution in [2.24, 2.45) is 11.8 Å². The number of likely N-dealkylation sites (N-methyl/N-ethyl adjacent to an activating group) is 1. The minimum atomic E-state index is -3.38. The monoisotopic (exact) mass is 1020 g/mol. The van der Waals surface area contributed by atoms with Crippen LogP contribution in [0.25, 0.3) is 0 Å². The topological polar surface area (TPSA) is 248 Å². The van der Waals surface area contributed by atoms with Crippen LogP contribution >= 0.6 is 11.8 Å². The highest BCUT2D eigenvalue weighted by atomic mass is 32.2. The van der Waals surface area contributed by atoms with Crippen molar-refractivity contribution in [2.45, 2.75) is 119 Å². The van der Waals surface area contributed by atoms with E-state index in [-0.39, 0.29) is 79.4 Å². The summed E-state index contributed by atoms with van der Waals surface area (Å²) in [7, 11) is -1.39. The zero-order chi connectivity index (χ0) is 50.3. The Hall–Kier alpha value is -4.93. The summed E-state index contributed by atoms with van der Waals surface area (Å²) in [5.41, 5.74) is 3.62. The number of piperidine rings is 2. The third-order valence-corrected chi connectivity index (χ3v) is 17.8. The lowest BCUT2D eigenvalue weighted by Crippen LogP contribution is -2.60. The number of fused-ring (bicyclic) bond motifs is 1. The summed E-state index contributed by atoms with van der Waals surface area (Å²) in [6.45, 7) is 2.61. The number of carbonyl (C=O) groups is 7. The lowest BCUT2D eigenvalue weighted by Gasteiger charge is -2.40. The second kappa shape index (κ2) is 23.3. The Kier molecular flexibility index (Phi) is 17.2. The highest BCUT2D eigenvalue weighted by Gasteiger charge is 2.48. The van der Waals surface area contributed by atoms with E-state index in [4.69, 9.17) is 0 Å². The molecule has 6 aliphatic rings. The third kappa shape index (κ3) is 12.8. The standard InChI is InChI=1S/C50H70N10O9S2/c1-58(30-45(63)53-22-9-4-3-8-21-51-37-15-16-38-39(27-37)49(67)60(48(38)66)41-17-18-43(61)55-47(41)65)42-26-33(19-23-52-42)32-11-10-12-34(25-32)40-31-70-50(56-40,36-13-6-5-7-14-36)57-44(62)28-54-46(64)35-20-24-59(29-35)71(2,68)69/h10-12,15-16,25,27,33,35-36,40-42,51-52,56H,3-9,13-14,17-24,26,28-31H2,1-2H3,(H,53,63)(H,54,64)(H,57,62)(H,55,61,65). The summed E-state index contributed by atoms with van der Waals surface area (Å²) in [6, 6.07) is 12.8. The van der Waals surface area contributed by atoms with E-state index in [9.17, 15) is 42.0 Å². The number of carbonyl (C=O) groups excluding carboxylic acids is 7. The van der Waals surface area contributed by atoms with Gasteiger partial charge in [0.15, 0.2) is 0 Å². The van der Waals surface area contributed by atoms with Gasteiger partial charge >= 0.3 is 0 Å². The molecule has 6 unspecified atom stereocenters. The zero-order valence-electron chi connectivity index (χ0n) is 40.9. The second-order valence-electron chi connectivity index (χ2n) is 20.1. The van der Waals surface area contributed by atoms with E-state index >= 15 is 0 Å². The fraction of sp³-hybridized carbons (Fsp3) is 0.620. The van der Waals surface area contributed by atoms with E-state index in [0.717, 1.165) is 87.7 Å². The number of hydrogen-bond acceptors (Lipinski definition) is 14. The van der Waals surface area contributed by atoms with E-state index in [2.05, 4.69) is 66.4 Å². The van der Waals surface area contributed by atoms with Gasteiger partial charge in [0, 0.05) is 56.0 Å². The van der Waals surface area contributed by atoms with E-state index in [0.29, 0.717) is 37.7 Å². The molecular formula is C50H70N10O9S2. The minimum Gasteiger partial charge on any atom is -0.385 e. The second-order valence-corrected chi connectivity index (χ2v) is 23.4. The van der Waals surface area contributed by atoms with E-state index in [1.54, 1.807) is 30.0 Å². The van der Waals surface area contributed by atoms with Gasteiger partial charge in [-0.15, -0.1) is 11.8 Å². The smallest absolute Gasteiger partial charge is 0.262 e. The summed E-state index contributed by atoms with van der Waals surface area (Å²) >= 11 is 1.74. The fourth-order valence-corrected chi connectivity index (χ4v) is 13.5. The van der Waals surface area contributed by atoms with Gasteiger partial charge < -0.3 is 26.6 Å². The third-order valence-electron chi connectivity index (χ3n) is 15.1. The Bertz CT molecular complexity index is 2450. The lowest BCUT2D eigenvalue weighted by atomic mass is 9.85. The van der Waals surface area contributed by atoms with Gasteiger partial charge in [-0.3, -0.25) is 54.0 Å². The molecule has 21 heteroatoms. The van der Waals surface area contributed by atoms with Crippen LogP contribution in [-0.4, -0.2) is 146 Å². The first-order valence-corrected chi connectivity index (χ1v) is 28.3. The van der Waals surface area contributed by atoms with Gasteiger partial charge in [-0.1, -0.05) is 56.4 Å². The van der Waals surface area contributed by atoms with Crippen molar-refractivity contribution in [3.05, 3.63) is 64.7 Å². The number of sulfonamides is 1.